The smallest absolute Gasteiger partial charge is 0.217 e. The molecular weight excluding hydrogens is 376 g/mol. The number of anilines is 1. The van der Waals surface area contributed by atoms with Gasteiger partial charge in [0, 0.05) is 44.0 Å². The predicted molar refractivity (Wildman–Crippen MR) is 108 cm³/mol. The molecule has 28 heavy (non-hydrogen) atoms. The molecule has 0 spiro atoms. The summed E-state index contributed by atoms with van der Waals surface area (Å²) >= 11 is 5.54. The summed E-state index contributed by atoms with van der Waals surface area (Å²) in [5, 5.41) is 8.45. The van der Waals surface area contributed by atoms with Crippen LogP contribution >= 0.6 is 12.2 Å². The van der Waals surface area contributed by atoms with Gasteiger partial charge in [-0.25, -0.2) is 9.36 Å². The number of piperazine rings is 1. The highest BCUT2D eigenvalue weighted by Crippen LogP contribution is 2.18. The van der Waals surface area contributed by atoms with E-state index in [1.807, 2.05) is 24.3 Å². The van der Waals surface area contributed by atoms with E-state index in [4.69, 9.17) is 17.0 Å². The molecule has 150 valence electrons. The third-order valence-electron chi connectivity index (χ3n) is 5.44. The van der Waals surface area contributed by atoms with Gasteiger partial charge in [0.05, 0.1) is 19.3 Å². The fourth-order valence-corrected chi connectivity index (χ4v) is 3.94. The number of nitrogens with zero attached hydrogens (tertiary/aromatic N) is 6. The number of aromatic nitrogens is 4. The van der Waals surface area contributed by atoms with Gasteiger partial charge in [-0.2, -0.15) is 0 Å². The van der Waals surface area contributed by atoms with Gasteiger partial charge in [-0.1, -0.05) is 0 Å². The average molecular weight is 403 g/mol. The van der Waals surface area contributed by atoms with E-state index in [0.29, 0.717) is 18.0 Å². The van der Waals surface area contributed by atoms with Crippen molar-refractivity contribution in [3.8, 4) is 0 Å². The Kier molecular flexibility index (Phi) is 5.84. The molecule has 0 radical (unpaired) electrons. The minimum absolute atomic E-state index is 0.0978. The zero-order valence-electron chi connectivity index (χ0n) is 16.2. The van der Waals surface area contributed by atoms with E-state index < -0.39 is 0 Å². The molecule has 2 aromatic rings. The van der Waals surface area contributed by atoms with Crippen molar-refractivity contribution >= 4 is 23.7 Å². The van der Waals surface area contributed by atoms with E-state index in [0.717, 1.165) is 56.9 Å². The number of benzene rings is 1. The number of hydrogen-bond acceptors (Lipinski definition) is 7. The summed E-state index contributed by atoms with van der Waals surface area (Å²) < 4.78 is 9.89. The predicted octanol–water partition coefficient (Wildman–Crippen LogP) is 1.97. The van der Waals surface area contributed by atoms with Gasteiger partial charge in [-0.3, -0.25) is 9.69 Å². The number of rotatable bonds is 6. The molecule has 0 bridgehead atoms. The Bertz CT molecular complexity index is 863. The van der Waals surface area contributed by atoms with Crippen LogP contribution < -0.4 is 4.90 Å². The van der Waals surface area contributed by atoms with Crippen molar-refractivity contribution in [2.75, 3.05) is 37.7 Å². The van der Waals surface area contributed by atoms with E-state index in [9.17, 15) is 4.79 Å². The minimum atomic E-state index is 0.0978. The molecule has 3 heterocycles. The molecule has 1 aromatic heterocycles. The summed E-state index contributed by atoms with van der Waals surface area (Å²) in [5.74, 6) is 0.0978. The lowest BCUT2D eigenvalue weighted by atomic mass is 10.1. The highest BCUT2D eigenvalue weighted by Gasteiger charge is 2.20. The molecule has 9 heteroatoms. The van der Waals surface area contributed by atoms with Crippen LogP contribution in [0.2, 0.25) is 0 Å². The minimum Gasteiger partial charge on any atom is -0.376 e. The van der Waals surface area contributed by atoms with Gasteiger partial charge in [0.1, 0.15) is 0 Å². The maximum absolute atomic E-state index is 11.4. The van der Waals surface area contributed by atoms with Crippen molar-refractivity contribution in [2.45, 2.75) is 39.1 Å². The zero-order chi connectivity index (χ0) is 19.5. The highest BCUT2D eigenvalue weighted by molar-refractivity contribution is 7.71. The fourth-order valence-electron chi connectivity index (χ4n) is 3.73. The summed E-state index contributed by atoms with van der Waals surface area (Å²) in [6, 6.07) is 7.85. The van der Waals surface area contributed by atoms with Crippen LogP contribution in [-0.2, 0) is 18.0 Å². The summed E-state index contributed by atoms with van der Waals surface area (Å²) in [5.41, 5.74) is 1.91. The molecule has 0 N–H and O–H groups in total. The quantitative estimate of drug-likeness (QED) is 0.540. The molecule has 1 atom stereocenters. The van der Waals surface area contributed by atoms with Crippen LogP contribution in [0.4, 0.5) is 5.69 Å². The van der Waals surface area contributed by atoms with Gasteiger partial charge in [0.2, 0.25) is 4.77 Å². The normalized spacial score (nSPS) is 20.6. The number of ketones is 1. The molecule has 4 rings (SSSR count). The van der Waals surface area contributed by atoms with Gasteiger partial charge in [0.25, 0.3) is 0 Å². The van der Waals surface area contributed by atoms with Crippen LogP contribution in [0.15, 0.2) is 24.3 Å². The number of tetrazole rings is 1. The van der Waals surface area contributed by atoms with E-state index in [1.54, 1.807) is 16.3 Å². The van der Waals surface area contributed by atoms with Crippen LogP contribution in [0.5, 0.6) is 0 Å². The second-order valence-corrected chi connectivity index (χ2v) is 7.79. The van der Waals surface area contributed by atoms with Crippen molar-refractivity contribution in [3.05, 3.63) is 34.6 Å². The standard InChI is InChI=1S/C19H26N6O2S/c1-15(26)16-4-6-17(7-5-16)23-10-8-22(9-11-23)14-25-19(28)24(20-21-25)13-18-3-2-12-27-18/h4-7,18H,2-3,8-14H2,1H3/t18-/m0/s1. The summed E-state index contributed by atoms with van der Waals surface area (Å²) in [7, 11) is 0. The van der Waals surface area contributed by atoms with Gasteiger partial charge in [-0.15, -0.1) is 0 Å². The maximum Gasteiger partial charge on any atom is 0.217 e. The molecule has 2 fully saturated rings. The summed E-state index contributed by atoms with van der Waals surface area (Å²) in [6.45, 7) is 7.46. The third kappa shape index (κ3) is 4.31. The second kappa shape index (κ2) is 8.50. The topological polar surface area (TPSA) is 68.4 Å². The van der Waals surface area contributed by atoms with Gasteiger partial charge in [-0.05, 0) is 66.7 Å². The Morgan fingerprint density at radius 3 is 2.50 bits per heavy atom. The van der Waals surface area contributed by atoms with Crippen LogP contribution in [-0.4, -0.2) is 69.4 Å². The molecule has 0 amide bonds. The van der Waals surface area contributed by atoms with Crippen LogP contribution in [0.25, 0.3) is 0 Å². The van der Waals surface area contributed by atoms with Gasteiger partial charge in [0.15, 0.2) is 5.78 Å². The Balaban J connectivity index is 1.31. The maximum atomic E-state index is 11.4. The van der Waals surface area contributed by atoms with Crippen LogP contribution in [0, 0.1) is 4.77 Å². The molecule has 2 aliphatic rings. The van der Waals surface area contributed by atoms with E-state index in [1.165, 1.54) is 0 Å². The molecule has 8 nitrogen and oxygen atoms in total. The Labute approximate surface area is 169 Å². The number of Topliss-reactive ketones (excluding diaryl/α,β-unsaturated/α-hetero) is 1. The lowest BCUT2D eigenvalue weighted by Crippen LogP contribution is -2.47. The number of carbonyl (C=O) groups excluding carboxylic acids is 1. The first-order valence-electron chi connectivity index (χ1n) is 9.80. The average Bonchev–Trinajstić information content (AvgIpc) is 3.34. The first-order valence-corrected chi connectivity index (χ1v) is 10.2. The van der Waals surface area contributed by atoms with Gasteiger partial charge >= 0.3 is 0 Å². The van der Waals surface area contributed by atoms with Crippen molar-refractivity contribution in [1.82, 2.24) is 24.7 Å². The van der Waals surface area contributed by atoms with Crippen LogP contribution in [0.3, 0.4) is 0 Å². The molecule has 0 unspecified atom stereocenters. The molecule has 2 aliphatic heterocycles. The molecule has 1 aromatic carbocycles. The van der Waals surface area contributed by atoms with E-state index in [-0.39, 0.29) is 11.9 Å². The number of hydrogen-bond donors (Lipinski definition) is 0. The van der Waals surface area contributed by atoms with Crippen molar-refractivity contribution < 1.29 is 9.53 Å². The lowest BCUT2D eigenvalue weighted by molar-refractivity contribution is 0.0930. The summed E-state index contributed by atoms with van der Waals surface area (Å²) in [6.07, 6.45) is 2.37. The van der Waals surface area contributed by atoms with Gasteiger partial charge < -0.3 is 9.64 Å². The van der Waals surface area contributed by atoms with E-state index >= 15 is 0 Å². The number of ether oxygens (including phenoxy) is 1. The second-order valence-electron chi connectivity index (χ2n) is 7.43. The molecular formula is C19H26N6O2S. The van der Waals surface area contributed by atoms with Crippen molar-refractivity contribution in [2.24, 2.45) is 0 Å². The van der Waals surface area contributed by atoms with E-state index in [2.05, 4.69) is 20.2 Å². The highest BCUT2D eigenvalue weighted by atomic mass is 32.1. The van der Waals surface area contributed by atoms with Crippen molar-refractivity contribution in [3.63, 3.8) is 0 Å². The molecule has 2 saturated heterocycles. The summed E-state index contributed by atoms with van der Waals surface area (Å²) in [4.78, 5) is 16.1. The number of carbonyl (C=O) groups is 1. The van der Waals surface area contributed by atoms with Crippen LogP contribution in [0.1, 0.15) is 30.1 Å². The molecule has 0 aliphatic carbocycles. The zero-order valence-corrected chi connectivity index (χ0v) is 17.0. The third-order valence-corrected chi connectivity index (χ3v) is 5.86. The first kappa shape index (κ1) is 19.2. The SMILES string of the molecule is CC(=O)c1ccc(N2CCN(Cn3nnn(C[C@@H]4CCCO4)c3=S)CC2)cc1. The molecule has 0 saturated carbocycles. The Morgan fingerprint density at radius 2 is 1.86 bits per heavy atom. The first-order chi connectivity index (χ1) is 13.6. The Hall–Kier alpha value is -2.10. The lowest BCUT2D eigenvalue weighted by Gasteiger charge is -2.35. The Morgan fingerprint density at radius 1 is 1.14 bits per heavy atom. The monoisotopic (exact) mass is 402 g/mol. The largest absolute Gasteiger partial charge is 0.376 e. The fraction of sp³-hybridized carbons (Fsp3) is 0.579. The van der Waals surface area contributed by atoms with Crippen molar-refractivity contribution in [1.29, 1.82) is 0 Å².